The molecular formula is C9H12O4S. The highest BCUT2D eigenvalue weighted by Crippen LogP contribution is 1.91. The van der Waals surface area contributed by atoms with Crippen molar-refractivity contribution in [1.29, 1.82) is 0 Å². The summed E-state index contributed by atoms with van der Waals surface area (Å²) in [6.07, 6.45) is -0.548. The van der Waals surface area contributed by atoms with Gasteiger partial charge in [0.2, 0.25) is 0 Å². The van der Waals surface area contributed by atoms with Gasteiger partial charge in [-0.2, -0.15) is 11.3 Å². The number of ether oxygens (including phenoxy) is 1. The number of esters is 1. The van der Waals surface area contributed by atoms with Gasteiger partial charge in [0.1, 0.15) is 6.42 Å². The quantitative estimate of drug-likeness (QED) is 0.617. The zero-order valence-corrected chi connectivity index (χ0v) is 8.62. The Kier molecular flexibility index (Phi) is 7.45. The highest BCUT2D eigenvalue weighted by Gasteiger charge is 2.06. The first-order valence-electron chi connectivity index (χ1n) is 4.01. The summed E-state index contributed by atoms with van der Waals surface area (Å²) in [7, 11) is 0. The molecule has 0 saturated heterocycles. The zero-order valence-electron chi connectivity index (χ0n) is 7.80. The Bertz CT molecular complexity index is 239. The number of hydrogen-bond donors (Lipinski definition) is 1. The Morgan fingerprint density at radius 2 is 1.93 bits per heavy atom. The van der Waals surface area contributed by atoms with E-state index in [9.17, 15) is 9.59 Å². The first-order chi connectivity index (χ1) is 6.66. The van der Waals surface area contributed by atoms with Gasteiger partial charge in [-0.25, -0.2) is 0 Å². The third-order valence-electron chi connectivity index (χ3n) is 1.03. The molecule has 0 saturated carbocycles. The molecule has 1 rings (SSSR count). The highest BCUT2D eigenvalue weighted by atomic mass is 32.1. The van der Waals surface area contributed by atoms with Crippen molar-refractivity contribution in [1.82, 2.24) is 0 Å². The molecule has 1 aromatic heterocycles. The number of thiophene rings is 1. The molecule has 0 bridgehead atoms. The van der Waals surface area contributed by atoms with Crippen LogP contribution in [0.3, 0.4) is 0 Å². The fourth-order valence-corrected chi connectivity index (χ4v) is 1.02. The van der Waals surface area contributed by atoms with E-state index in [0.717, 1.165) is 0 Å². The van der Waals surface area contributed by atoms with Gasteiger partial charge in [-0.1, -0.05) is 12.1 Å². The Labute approximate surface area is 86.1 Å². The minimum absolute atomic E-state index is 0.228. The van der Waals surface area contributed by atoms with Crippen molar-refractivity contribution < 1.29 is 19.4 Å². The summed E-state index contributed by atoms with van der Waals surface area (Å²) in [5, 5.41) is 12.1. The van der Waals surface area contributed by atoms with Crippen molar-refractivity contribution in [2.75, 3.05) is 6.61 Å². The standard InChI is InChI=1S/C5H8O4.C4H4S/c1-2-9-5(8)3-4(6)7;1-2-4-5-3-1/h2-3H2,1H3,(H,6,7);1-4H. The second-order valence-corrected chi connectivity index (χ2v) is 2.99. The average Bonchev–Trinajstić information content (AvgIpc) is 2.59. The molecule has 0 radical (unpaired) electrons. The monoisotopic (exact) mass is 216 g/mol. The fourth-order valence-electron chi connectivity index (χ4n) is 0.562. The number of rotatable bonds is 3. The Hall–Kier alpha value is -1.36. The van der Waals surface area contributed by atoms with Crippen LogP contribution in [0.5, 0.6) is 0 Å². The molecule has 0 aliphatic rings. The van der Waals surface area contributed by atoms with Gasteiger partial charge >= 0.3 is 11.9 Å². The summed E-state index contributed by atoms with van der Waals surface area (Å²) in [6.45, 7) is 1.85. The van der Waals surface area contributed by atoms with Gasteiger partial charge in [0.05, 0.1) is 6.61 Å². The molecule has 14 heavy (non-hydrogen) atoms. The molecule has 0 spiro atoms. The van der Waals surface area contributed by atoms with Crippen LogP contribution in [0.25, 0.3) is 0 Å². The SMILES string of the molecule is CCOC(=O)CC(=O)O.c1ccsc1. The smallest absolute Gasteiger partial charge is 0.317 e. The lowest BCUT2D eigenvalue weighted by Crippen LogP contribution is -2.09. The highest BCUT2D eigenvalue weighted by molar-refractivity contribution is 7.07. The number of carbonyl (C=O) groups is 2. The summed E-state index contributed by atoms with van der Waals surface area (Å²) < 4.78 is 4.33. The molecule has 4 nitrogen and oxygen atoms in total. The van der Waals surface area contributed by atoms with Crippen molar-refractivity contribution in [3.8, 4) is 0 Å². The van der Waals surface area contributed by atoms with Crippen LogP contribution in [0.4, 0.5) is 0 Å². The van der Waals surface area contributed by atoms with Crippen molar-refractivity contribution >= 4 is 23.3 Å². The lowest BCUT2D eigenvalue weighted by Gasteiger charge is -1.95. The third-order valence-corrected chi connectivity index (χ3v) is 1.65. The van der Waals surface area contributed by atoms with E-state index in [4.69, 9.17) is 5.11 Å². The molecular weight excluding hydrogens is 204 g/mol. The minimum atomic E-state index is -1.16. The van der Waals surface area contributed by atoms with Crippen LogP contribution < -0.4 is 0 Å². The average molecular weight is 216 g/mol. The molecule has 0 unspecified atom stereocenters. The summed E-state index contributed by atoms with van der Waals surface area (Å²) in [5.41, 5.74) is 0. The number of aliphatic carboxylic acids is 1. The minimum Gasteiger partial charge on any atom is -0.481 e. The van der Waals surface area contributed by atoms with Crippen molar-refractivity contribution in [2.45, 2.75) is 13.3 Å². The number of hydrogen-bond acceptors (Lipinski definition) is 4. The Morgan fingerprint density at radius 1 is 1.36 bits per heavy atom. The molecule has 1 heterocycles. The molecule has 5 heteroatoms. The number of carboxylic acids is 1. The van der Waals surface area contributed by atoms with E-state index >= 15 is 0 Å². The maximum atomic E-state index is 10.3. The summed E-state index contributed by atoms with van der Waals surface area (Å²) in [6, 6.07) is 4.04. The maximum absolute atomic E-state index is 10.3. The van der Waals surface area contributed by atoms with Gasteiger partial charge < -0.3 is 9.84 Å². The predicted molar refractivity (Wildman–Crippen MR) is 53.2 cm³/mol. The van der Waals surface area contributed by atoms with Crippen LogP contribution in [-0.4, -0.2) is 23.7 Å². The third kappa shape index (κ3) is 8.73. The van der Waals surface area contributed by atoms with E-state index in [1.807, 2.05) is 22.9 Å². The van der Waals surface area contributed by atoms with Crippen molar-refractivity contribution in [2.24, 2.45) is 0 Å². The van der Waals surface area contributed by atoms with Crippen LogP contribution >= 0.6 is 11.3 Å². The van der Waals surface area contributed by atoms with Gasteiger partial charge in [-0.05, 0) is 17.7 Å². The Morgan fingerprint density at radius 3 is 2.21 bits per heavy atom. The lowest BCUT2D eigenvalue weighted by molar-refractivity contribution is -0.150. The van der Waals surface area contributed by atoms with E-state index in [0.29, 0.717) is 0 Å². The summed E-state index contributed by atoms with van der Waals surface area (Å²) in [5.74, 6) is -1.85. The Balaban J connectivity index is 0.000000280. The van der Waals surface area contributed by atoms with Crippen LogP contribution in [-0.2, 0) is 14.3 Å². The van der Waals surface area contributed by atoms with Crippen LogP contribution in [0.2, 0.25) is 0 Å². The topological polar surface area (TPSA) is 63.6 Å². The van der Waals surface area contributed by atoms with Gasteiger partial charge in [-0.15, -0.1) is 0 Å². The normalized spacial score (nSPS) is 8.36. The van der Waals surface area contributed by atoms with Gasteiger partial charge in [-0.3, -0.25) is 9.59 Å². The maximum Gasteiger partial charge on any atom is 0.317 e. The van der Waals surface area contributed by atoms with Gasteiger partial charge in [0.15, 0.2) is 0 Å². The first kappa shape index (κ1) is 12.6. The molecule has 0 aliphatic carbocycles. The van der Waals surface area contributed by atoms with Crippen LogP contribution in [0, 0.1) is 0 Å². The first-order valence-corrected chi connectivity index (χ1v) is 4.95. The second-order valence-electron chi connectivity index (χ2n) is 2.17. The van der Waals surface area contributed by atoms with Crippen LogP contribution in [0.15, 0.2) is 22.9 Å². The summed E-state index contributed by atoms with van der Waals surface area (Å²) >= 11 is 1.71. The number of carbonyl (C=O) groups excluding carboxylic acids is 1. The van der Waals surface area contributed by atoms with Crippen molar-refractivity contribution in [3.05, 3.63) is 22.9 Å². The van der Waals surface area contributed by atoms with Gasteiger partial charge in [0.25, 0.3) is 0 Å². The largest absolute Gasteiger partial charge is 0.481 e. The lowest BCUT2D eigenvalue weighted by atomic mass is 10.4. The molecule has 0 amide bonds. The molecule has 1 aromatic rings. The molecule has 0 aliphatic heterocycles. The van der Waals surface area contributed by atoms with E-state index in [2.05, 4.69) is 4.74 Å². The second kappa shape index (κ2) is 8.25. The molecule has 78 valence electrons. The van der Waals surface area contributed by atoms with E-state index in [-0.39, 0.29) is 6.61 Å². The van der Waals surface area contributed by atoms with Gasteiger partial charge in [0, 0.05) is 0 Å². The number of carboxylic acid groups (broad SMARTS) is 1. The summed E-state index contributed by atoms with van der Waals surface area (Å²) in [4.78, 5) is 20.0. The predicted octanol–water partition coefficient (Wildman–Crippen LogP) is 1.77. The fraction of sp³-hybridized carbons (Fsp3) is 0.333. The molecule has 0 atom stereocenters. The zero-order chi connectivity index (χ0) is 10.8. The molecule has 1 N–H and O–H groups in total. The van der Waals surface area contributed by atoms with E-state index in [1.165, 1.54) is 0 Å². The molecule has 0 aromatic carbocycles. The molecule has 0 fully saturated rings. The van der Waals surface area contributed by atoms with E-state index < -0.39 is 18.4 Å². The van der Waals surface area contributed by atoms with Crippen LogP contribution in [0.1, 0.15) is 13.3 Å². The van der Waals surface area contributed by atoms with E-state index in [1.54, 1.807) is 18.3 Å². The van der Waals surface area contributed by atoms with Crippen molar-refractivity contribution in [3.63, 3.8) is 0 Å².